The predicted molar refractivity (Wildman–Crippen MR) is 149 cm³/mol. The number of anilines is 1. The number of azo groups is 1. The molecule has 0 saturated heterocycles. The first kappa shape index (κ1) is 31.8. The molecule has 40 heavy (non-hydrogen) atoms. The molecule has 0 aliphatic carbocycles. The third-order valence-electron chi connectivity index (χ3n) is 5.77. The second-order valence-corrected chi connectivity index (χ2v) is 10.5. The van der Waals surface area contributed by atoms with Crippen molar-refractivity contribution in [2.45, 2.75) is 25.2 Å². The van der Waals surface area contributed by atoms with E-state index >= 15 is 0 Å². The summed E-state index contributed by atoms with van der Waals surface area (Å²) in [4.78, 5) is 12.7. The minimum absolute atomic E-state index is 0. The molecule has 0 bridgehead atoms. The van der Waals surface area contributed by atoms with Crippen LogP contribution in [0.4, 0.5) is 17.1 Å². The van der Waals surface area contributed by atoms with Crippen LogP contribution in [0.2, 0.25) is 10.0 Å². The van der Waals surface area contributed by atoms with Gasteiger partial charge in [0, 0.05) is 16.0 Å². The van der Waals surface area contributed by atoms with E-state index in [-0.39, 0.29) is 68.0 Å². The molecule has 0 unspecified atom stereocenters. The molecular formula is C27H22Cl2N3NaO6S. The molecule has 0 radical (unpaired) electrons. The van der Waals surface area contributed by atoms with Crippen LogP contribution in [0.5, 0.6) is 11.5 Å². The maximum absolute atomic E-state index is 13.5. The van der Waals surface area contributed by atoms with E-state index < -0.39 is 26.7 Å². The van der Waals surface area contributed by atoms with Gasteiger partial charge in [-0.05, 0) is 54.6 Å². The molecule has 2 N–H and O–H groups in total. The minimum atomic E-state index is -4.71. The van der Waals surface area contributed by atoms with E-state index in [1.54, 1.807) is 56.3 Å². The van der Waals surface area contributed by atoms with Gasteiger partial charge in [-0.1, -0.05) is 66.2 Å². The number of carbonyl (C=O) groups is 1. The average molecular weight is 610 g/mol. The van der Waals surface area contributed by atoms with Gasteiger partial charge >= 0.3 is 29.6 Å². The summed E-state index contributed by atoms with van der Waals surface area (Å²) in [6.07, 6.45) is 0.450. The van der Waals surface area contributed by atoms with E-state index in [0.717, 1.165) is 6.07 Å². The van der Waals surface area contributed by atoms with Gasteiger partial charge in [-0.2, -0.15) is 13.5 Å². The van der Waals surface area contributed by atoms with Gasteiger partial charge in [-0.3, -0.25) is 9.35 Å². The van der Waals surface area contributed by atoms with E-state index in [1.165, 1.54) is 12.1 Å². The van der Waals surface area contributed by atoms with Crippen LogP contribution in [-0.4, -0.2) is 25.5 Å². The van der Waals surface area contributed by atoms with Crippen LogP contribution >= 0.6 is 23.2 Å². The first-order chi connectivity index (χ1) is 18.5. The molecule has 9 nitrogen and oxygen atoms in total. The summed E-state index contributed by atoms with van der Waals surface area (Å²) in [6, 6.07) is 15.4. The molecule has 0 heterocycles. The number of fused-ring (bicyclic) bond motifs is 1. The van der Waals surface area contributed by atoms with Gasteiger partial charge < -0.3 is 15.2 Å². The normalized spacial score (nSPS) is 11.4. The number of ether oxygens (including phenoxy) is 1. The average Bonchev–Trinajstić information content (AvgIpc) is 2.89. The number of halogens is 2. The van der Waals surface area contributed by atoms with Crippen LogP contribution in [0.3, 0.4) is 0 Å². The van der Waals surface area contributed by atoms with Crippen LogP contribution in [-0.2, 0) is 16.5 Å². The van der Waals surface area contributed by atoms with Crippen LogP contribution in [0.15, 0.2) is 75.8 Å². The first-order valence-electron chi connectivity index (χ1n) is 11.7. The molecule has 0 saturated carbocycles. The number of para-hydroxylation sites is 1. The minimum Gasteiger partial charge on any atom is -0.870 e. The number of nitrogens with zero attached hydrogens (tertiary/aromatic N) is 2. The molecule has 4 rings (SSSR count). The predicted octanol–water partition coefficient (Wildman–Crippen LogP) is 4.10. The van der Waals surface area contributed by atoms with Crippen molar-refractivity contribution in [1.82, 2.24) is 0 Å². The number of hydrogen-bond donors (Lipinski definition) is 2. The molecule has 13 heteroatoms. The number of nitrogens with one attached hydrogen (secondary N) is 1. The third kappa shape index (κ3) is 6.77. The summed E-state index contributed by atoms with van der Waals surface area (Å²) in [5.41, 5.74) is 0.201. The molecule has 0 aliphatic rings. The Kier molecular flexibility index (Phi) is 10.6. The molecule has 0 spiro atoms. The Hall–Kier alpha value is -2.70. The van der Waals surface area contributed by atoms with Crippen molar-refractivity contribution in [2.75, 3.05) is 11.9 Å². The van der Waals surface area contributed by atoms with Gasteiger partial charge in [0.15, 0.2) is 5.75 Å². The Bertz CT molecular complexity index is 1730. The van der Waals surface area contributed by atoms with Crippen molar-refractivity contribution < 1.29 is 57.2 Å². The Labute approximate surface area is 263 Å². The third-order valence-corrected chi connectivity index (χ3v) is 7.30. The molecule has 0 aromatic heterocycles. The van der Waals surface area contributed by atoms with Gasteiger partial charge in [0.05, 0.1) is 23.0 Å². The zero-order valence-corrected chi connectivity index (χ0v) is 26.1. The summed E-state index contributed by atoms with van der Waals surface area (Å²) in [5, 5.41) is 25.6. The molecule has 202 valence electrons. The number of hydrogen-bond acceptors (Lipinski definition) is 7. The summed E-state index contributed by atoms with van der Waals surface area (Å²) in [6.45, 7) is 3.87. The van der Waals surface area contributed by atoms with Crippen molar-refractivity contribution >= 4 is 67.1 Å². The van der Waals surface area contributed by atoms with Gasteiger partial charge in [0.25, 0.3) is 16.0 Å². The summed E-state index contributed by atoms with van der Waals surface area (Å²) in [5.74, 6) is -1.22. The Morgan fingerprint density at radius 1 is 1.02 bits per heavy atom. The fraction of sp³-hybridized carbons (Fsp3) is 0.148. The smallest absolute Gasteiger partial charge is 0.870 e. The van der Waals surface area contributed by atoms with E-state index in [9.17, 15) is 22.9 Å². The zero-order valence-electron chi connectivity index (χ0n) is 21.7. The van der Waals surface area contributed by atoms with Crippen LogP contribution < -0.4 is 44.7 Å². The Morgan fingerprint density at radius 2 is 1.75 bits per heavy atom. The van der Waals surface area contributed by atoms with Crippen molar-refractivity contribution in [3.63, 3.8) is 0 Å². The van der Waals surface area contributed by atoms with Crippen molar-refractivity contribution in [2.24, 2.45) is 10.2 Å². The zero-order chi connectivity index (χ0) is 28.3. The SMILES string of the molecule is CCOc1c(Cl)cccc1NC(=O)c1cc2ccccc2c(N=Nc2cc(CC)c(Cl)cc2S(=O)(=O)O)c1[O-].[Na+]. The number of benzene rings is 4. The number of rotatable bonds is 8. The van der Waals surface area contributed by atoms with E-state index in [0.29, 0.717) is 29.4 Å². The van der Waals surface area contributed by atoms with Crippen molar-refractivity contribution in [3.8, 4) is 11.5 Å². The van der Waals surface area contributed by atoms with Gasteiger partial charge in [-0.15, -0.1) is 5.11 Å². The fourth-order valence-electron chi connectivity index (χ4n) is 3.91. The first-order valence-corrected chi connectivity index (χ1v) is 13.9. The number of amides is 1. The molecule has 0 fully saturated rings. The molecule has 0 aliphatic heterocycles. The largest absolute Gasteiger partial charge is 1.00 e. The topological polar surface area (TPSA) is 140 Å². The second kappa shape index (κ2) is 13.3. The summed E-state index contributed by atoms with van der Waals surface area (Å²) in [7, 11) is -4.71. The Balaban J connectivity index is 0.00000441. The van der Waals surface area contributed by atoms with Crippen LogP contribution in [0, 0.1) is 0 Å². The maximum atomic E-state index is 13.5. The van der Waals surface area contributed by atoms with E-state index in [2.05, 4.69) is 15.5 Å². The Morgan fingerprint density at radius 3 is 2.42 bits per heavy atom. The van der Waals surface area contributed by atoms with Gasteiger partial charge in [0.1, 0.15) is 10.6 Å². The standard InChI is InChI=1S/C27H23Cl2N3O6S.Na/c1-3-15-13-22(23(14-20(15)29)39(35,36)37)31-32-24-17-9-6-5-8-16(17)12-18(25(24)33)27(34)30-21-11-7-10-19(28)26(21)38-4-2;/h5-14,33H,3-4H2,1-2H3,(H,30,34)(H,35,36,37);/q;+1/p-1. The quantitative estimate of drug-likeness (QED) is 0.175. The second-order valence-electron chi connectivity index (χ2n) is 8.27. The molecule has 4 aromatic carbocycles. The summed E-state index contributed by atoms with van der Waals surface area (Å²) < 4.78 is 39.2. The maximum Gasteiger partial charge on any atom is 1.00 e. The fourth-order valence-corrected chi connectivity index (χ4v) is 5.13. The summed E-state index contributed by atoms with van der Waals surface area (Å²) >= 11 is 12.3. The van der Waals surface area contributed by atoms with Crippen molar-refractivity contribution in [1.29, 1.82) is 0 Å². The van der Waals surface area contributed by atoms with Gasteiger partial charge in [0.2, 0.25) is 0 Å². The number of carbonyl (C=O) groups excluding carboxylic acids is 1. The molecule has 1 amide bonds. The molecular weight excluding hydrogens is 588 g/mol. The van der Waals surface area contributed by atoms with E-state index in [1.807, 2.05) is 0 Å². The molecule has 0 atom stereocenters. The van der Waals surface area contributed by atoms with Crippen LogP contribution in [0.1, 0.15) is 29.8 Å². The van der Waals surface area contributed by atoms with Crippen molar-refractivity contribution in [3.05, 3.63) is 81.8 Å². The molecule has 4 aromatic rings. The van der Waals surface area contributed by atoms with E-state index in [4.69, 9.17) is 27.9 Å². The van der Waals surface area contributed by atoms with Crippen LogP contribution in [0.25, 0.3) is 10.8 Å². The number of aryl methyl sites for hydroxylation is 1. The van der Waals surface area contributed by atoms with Gasteiger partial charge in [-0.25, -0.2) is 0 Å². The monoisotopic (exact) mass is 609 g/mol.